The molecule has 0 fully saturated rings. The molecule has 1 aromatic rings. The van der Waals surface area contributed by atoms with Crippen LogP contribution in [0.15, 0.2) is 6.07 Å². The van der Waals surface area contributed by atoms with Crippen LogP contribution in [-0.4, -0.2) is 23.9 Å². The number of rotatable bonds is 3. The van der Waals surface area contributed by atoms with Gasteiger partial charge in [-0.3, -0.25) is 0 Å². The average Bonchev–Trinajstić information content (AvgIpc) is 2.28. The van der Waals surface area contributed by atoms with Crippen molar-refractivity contribution >= 4 is 28.6 Å². The maximum absolute atomic E-state index is 12.6. The Morgan fingerprint density at radius 3 is 2.29 bits per heavy atom. The van der Waals surface area contributed by atoms with Crippen molar-refractivity contribution in [1.29, 1.82) is 0 Å². The van der Waals surface area contributed by atoms with Crippen LogP contribution < -0.4 is 4.74 Å². The summed E-state index contributed by atoms with van der Waals surface area (Å²) in [6.45, 7) is 1.23. The third-order valence-corrected chi connectivity index (χ3v) is 2.97. The third kappa shape index (κ3) is 4.89. The number of alkyl halides is 6. The summed E-state index contributed by atoms with van der Waals surface area (Å²) >= 11 is 1.23. The number of hydrogen-bond donors (Lipinski definition) is 0. The van der Waals surface area contributed by atoms with Crippen LogP contribution >= 0.6 is 22.6 Å². The molecule has 0 aliphatic carbocycles. The quantitative estimate of drug-likeness (QED) is 0.417. The van der Waals surface area contributed by atoms with Crippen LogP contribution in [0.1, 0.15) is 23.0 Å². The summed E-state index contributed by atoms with van der Waals surface area (Å²) in [6.07, 6.45) is -10.3. The fourth-order valence-corrected chi connectivity index (χ4v) is 1.79. The van der Waals surface area contributed by atoms with Gasteiger partial charge in [-0.25, -0.2) is 9.78 Å². The number of halogens is 7. The molecule has 1 rings (SSSR count). The molecule has 0 saturated heterocycles. The topological polar surface area (TPSA) is 48.4 Å². The third-order valence-electron chi connectivity index (χ3n) is 1.93. The fraction of sp³-hybridized carbons (Fsp3) is 0.400. The second-order valence-corrected chi connectivity index (χ2v) is 4.52. The molecular weight excluding hydrogens is 423 g/mol. The minimum Gasteiger partial charge on any atom is -0.462 e. The van der Waals surface area contributed by atoms with E-state index in [1.807, 2.05) is 0 Å². The first kappa shape index (κ1) is 17.8. The highest BCUT2D eigenvalue weighted by Crippen LogP contribution is 2.35. The first-order chi connectivity index (χ1) is 9.45. The first-order valence-corrected chi connectivity index (χ1v) is 6.24. The molecule has 0 unspecified atom stereocenters. The van der Waals surface area contributed by atoms with Gasteiger partial charge >= 0.3 is 18.5 Å². The number of carbonyl (C=O) groups excluding carboxylic acids is 1. The number of hydrogen-bond acceptors (Lipinski definition) is 4. The van der Waals surface area contributed by atoms with Gasteiger partial charge in [0.1, 0.15) is 5.69 Å². The lowest BCUT2D eigenvalue weighted by molar-refractivity contribution is -0.276. The summed E-state index contributed by atoms with van der Waals surface area (Å²) in [6, 6.07) is 0.309. The zero-order valence-corrected chi connectivity index (χ0v) is 12.3. The van der Waals surface area contributed by atoms with Crippen LogP contribution in [0.5, 0.6) is 5.88 Å². The van der Waals surface area contributed by atoms with Gasteiger partial charge in [0, 0.05) is 0 Å². The van der Waals surface area contributed by atoms with E-state index >= 15 is 0 Å². The van der Waals surface area contributed by atoms with Crippen molar-refractivity contribution < 1.29 is 40.6 Å². The molecule has 0 bridgehead atoms. The van der Waals surface area contributed by atoms with E-state index in [1.54, 1.807) is 0 Å². The van der Waals surface area contributed by atoms with Gasteiger partial charge in [0.15, 0.2) is 0 Å². The molecule has 0 spiro atoms. The van der Waals surface area contributed by atoms with Crippen molar-refractivity contribution in [3.05, 3.63) is 20.9 Å². The number of pyridine rings is 1. The fourth-order valence-electron chi connectivity index (χ4n) is 1.19. The minimum absolute atomic E-state index is 0.159. The maximum atomic E-state index is 12.6. The molecule has 118 valence electrons. The van der Waals surface area contributed by atoms with Crippen molar-refractivity contribution in [2.75, 3.05) is 6.61 Å². The van der Waals surface area contributed by atoms with Crippen LogP contribution in [0.2, 0.25) is 0 Å². The Morgan fingerprint density at radius 2 is 1.86 bits per heavy atom. The lowest BCUT2D eigenvalue weighted by Crippen LogP contribution is -2.22. The molecule has 11 heteroatoms. The second kappa shape index (κ2) is 6.23. The lowest BCUT2D eigenvalue weighted by Gasteiger charge is -2.15. The SMILES string of the molecule is CCOC(=O)c1cc(C(F)(F)F)nc(OC(F)(F)F)c1I. The second-order valence-electron chi connectivity index (χ2n) is 3.44. The van der Waals surface area contributed by atoms with Gasteiger partial charge < -0.3 is 9.47 Å². The highest BCUT2D eigenvalue weighted by Gasteiger charge is 2.38. The number of esters is 1. The van der Waals surface area contributed by atoms with E-state index in [0.717, 1.165) is 0 Å². The molecule has 0 aliphatic rings. The van der Waals surface area contributed by atoms with E-state index in [0.29, 0.717) is 6.07 Å². The summed E-state index contributed by atoms with van der Waals surface area (Å²) < 4.78 is 81.7. The molecule has 0 N–H and O–H groups in total. The molecule has 21 heavy (non-hydrogen) atoms. The Morgan fingerprint density at radius 1 is 1.29 bits per heavy atom. The average molecular weight is 429 g/mol. The van der Waals surface area contributed by atoms with Crippen LogP contribution in [0.4, 0.5) is 26.3 Å². The molecule has 1 aromatic heterocycles. The first-order valence-electron chi connectivity index (χ1n) is 5.16. The number of ether oxygens (including phenoxy) is 2. The summed E-state index contributed by atoms with van der Waals surface area (Å²) in [5, 5.41) is 0. The summed E-state index contributed by atoms with van der Waals surface area (Å²) in [5.41, 5.74) is -2.40. The van der Waals surface area contributed by atoms with Gasteiger partial charge in [0.25, 0.3) is 0 Å². The zero-order chi connectivity index (χ0) is 16.4. The van der Waals surface area contributed by atoms with E-state index < -0.39 is 39.2 Å². The van der Waals surface area contributed by atoms with Gasteiger partial charge in [0.05, 0.1) is 15.7 Å². The highest BCUT2D eigenvalue weighted by atomic mass is 127. The molecular formula is C10H6F6INO3. The van der Waals surface area contributed by atoms with Crippen molar-refractivity contribution in [1.82, 2.24) is 4.98 Å². The summed E-state index contributed by atoms with van der Waals surface area (Å²) in [5.74, 6) is -2.57. The standard InChI is InChI=1S/C10H6F6INO3/c1-2-20-8(19)4-3-5(9(11,12)13)18-7(6(4)17)21-10(14,15)16/h3H,2H2,1H3. The number of carbonyl (C=O) groups is 1. The van der Waals surface area contributed by atoms with E-state index in [1.165, 1.54) is 29.5 Å². The van der Waals surface area contributed by atoms with E-state index in [-0.39, 0.29) is 6.61 Å². The number of nitrogens with zero attached hydrogens (tertiary/aromatic N) is 1. The predicted octanol–water partition coefficient (Wildman–Crippen LogP) is 3.78. The Hall–Kier alpha value is -1.27. The smallest absolute Gasteiger partial charge is 0.462 e. The van der Waals surface area contributed by atoms with Crippen molar-refractivity contribution in [3.8, 4) is 5.88 Å². The van der Waals surface area contributed by atoms with Crippen LogP contribution in [0.25, 0.3) is 0 Å². The highest BCUT2D eigenvalue weighted by molar-refractivity contribution is 14.1. The molecule has 4 nitrogen and oxygen atoms in total. The molecule has 0 aliphatic heterocycles. The van der Waals surface area contributed by atoms with Crippen molar-refractivity contribution in [2.24, 2.45) is 0 Å². The van der Waals surface area contributed by atoms with E-state index in [2.05, 4.69) is 14.5 Å². The van der Waals surface area contributed by atoms with Gasteiger partial charge in [-0.2, -0.15) is 13.2 Å². The van der Waals surface area contributed by atoms with Crippen LogP contribution in [0, 0.1) is 3.57 Å². The lowest BCUT2D eigenvalue weighted by atomic mass is 10.2. The molecule has 0 aromatic carbocycles. The predicted molar refractivity (Wildman–Crippen MR) is 64.6 cm³/mol. The van der Waals surface area contributed by atoms with Gasteiger partial charge in [-0.15, -0.1) is 13.2 Å². The van der Waals surface area contributed by atoms with Crippen LogP contribution in [-0.2, 0) is 10.9 Å². The van der Waals surface area contributed by atoms with Crippen LogP contribution in [0.3, 0.4) is 0 Å². The Kier molecular flexibility index (Phi) is 5.28. The van der Waals surface area contributed by atoms with Crippen molar-refractivity contribution in [3.63, 3.8) is 0 Å². The normalized spacial score (nSPS) is 12.2. The van der Waals surface area contributed by atoms with Gasteiger partial charge in [-0.05, 0) is 35.6 Å². The zero-order valence-electron chi connectivity index (χ0n) is 10.1. The summed E-state index contributed by atoms with van der Waals surface area (Å²) in [4.78, 5) is 14.3. The Bertz CT molecular complexity index is 543. The van der Waals surface area contributed by atoms with Gasteiger partial charge in [-0.1, -0.05) is 0 Å². The maximum Gasteiger partial charge on any atom is 0.574 e. The molecule has 0 amide bonds. The van der Waals surface area contributed by atoms with Gasteiger partial charge in [0.2, 0.25) is 5.88 Å². The largest absolute Gasteiger partial charge is 0.574 e. The number of aromatic nitrogens is 1. The molecule has 1 heterocycles. The monoisotopic (exact) mass is 429 g/mol. The summed E-state index contributed by atoms with van der Waals surface area (Å²) in [7, 11) is 0. The Labute approximate surface area is 127 Å². The van der Waals surface area contributed by atoms with Crippen molar-refractivity contribution in [2.45, 2.75) is 19.5 Å². The minimum atomic E-state index is -5.25. The Balaban J connectivity index is 3.43. The molecule has 0 saturated carbocycles. The molecule has 0 atom stereocenters. The molecule has 0 radical (unpaired) electrons. The van der Waals surface area contributed by atoms with E-state index in [9.17, 15) is 31.1 Å². The van der Waals surface area contributed by atoms with E-state index in [4.69, 9.17) is 0 Å².